The molecule has 2 N–H and O–H groups in total. The van der Waals surface area contributed by atoms with E-state index in [1.165, 1.54) is 38.5 Å². The molecular formula is C13H22N4O. The molecule has 0 radical (unpaired) electrons. The van der Waals surface area contributed by atoms with Crippen molar-refractivity contribution in [3.63, 3.8) is 0 Å². The van der Waals surface area contributed by atoms with E-state index in [-0.39, 0.29) is 0 Å². The maximum absolute atomic E-state index is 5.64. The first-order valence-electron chi connectivity index (χ1n) is 7.09. The van der Waals surface area contributed by atoms with Crippen LogP contribution in [0.1, 0.15) is 44.4 Å². The highest BCUT2D eigenvalue weighted by molar-refractivity contribution is 5.25. The Balaban J connectivity index is 1.61. The number of anilines is 1. The Labute approximate surface area is 108 Å². The van der Waals surface area contributed by atoms with Crippen molar-refractivity contribution in [1.82, 2.24) is 10.2 Å². The van der Waals surface area contributed by atoms with Crippen molar-refractivity contribution in [1.29, 1.82) is 0 Å². The number of hydrogen-bond donors (Lipinski definition) is 1. The molecule has 1 aliphatic heterocycles. The van der Waals surface area contributed by atoms with Gasteiger partial charge in [-0.15, -0.1) is 5.10 Å². The standard InChI is InChI=1S/C13H22N4O/c14-8-3-11-15-16-12(18-11)17-9-6-13(7-10-17)4-1-2-5-13/h1-10,14H2. The van der Waals surface area contributed by atoms with Gasteiger partial charge in [-0.1, -0.05) is 17.9 Å². The first-order valence-corrected chi connectivity index (χ1v) is 7.09. The van der Waals surface area contributed by atoms with Crippen molar-refractivity contribution in [2.45, 2.75) is 44.9 Å². The summed E-state index contributed by atoms with van der Waals surface area (Å²) in [5, 5.41) is 8.16. The van der Waals surface area contributed by atoms with Crippen molar-refractivity contribution < 1.29 is 4.42 Å². The second-order valence-corrected chi connectivity index (χ2v) is 5.71. The van der Waals surface area contributed by atoms with Crippen molar-refractivity contribution >= 4 is 6.01 Å². The molecular weight excluding hydrogens is 228 g/mol. The van der Waals surface area contributed by atoms with Crippen molar-refractivity contribution in [2.75, 3.05) is 24.5 Å². The average Bonchev–Trinajstić information content (AvgIpc) is 3.02. The summed E-state index contributed by atoms with van der Waals surface area (Å²) in [6, 6.07) is 0.686. The summed E-state index contributed by atoms with van der Waals surface area (Å²) < 4.78 is 5.64. The first-order chi connectivity index (χ1) is 8.81. The van der Waals surface area contributed by atoms with Gasteiger partial charge >= 0.3 is 6.01 Å². The van der Waals surface area contributed by atoms with Gasteiger partial charge in [0.15, 0.2) is 0 Å². The lowest BCUT2D eigenvalue weighted by Crippen LogP contribution is -2.39. The fourth-order valence-corrected chi connectivity index (χ4v) is 3.39. The Morgan fingerprint density at radius 1 is 1.11 bits per heavy atom. The van der Waals surface area contributed by atoms with E-state index in [0.29, 0.717) is 30.3 Å². The third-order valence-corrected chi connectivity index (χ3v) is 4.57. The minimum atomic E-state index is 0.560. The lowest BCUT2D eigenvalue weighted by molar-refractivity contribution is 0.222. The Kier molecular flexibility index (Phi) is 3.24. The number of aromatic nitrogens is 2. The van der Waals surface area contributed by atoms with E-state index < -0.39 is 0 Å². The Hall–Kier alpha value is -1.10. The monoisotopic (exact) mass is 250 g/mol. The number of piperidine rings is 1. The van der Waals surface area contributed by atoms with Gasteiger partial charge in [0.2, 0.25) is 5.89 Å². The zero-order valence-electron chi connectivity index (χ0n) is 10.9. The van der Waals surface area contributed by atoms with Crippen LogP contribution in [0.2, 0.25) is 0 Å². The molecule has 2 fully saturated rings. The first kappa shape index (κ1) is 12.0. The molecule has 0 bridgehead atoms. The highest BCUT2D eigenvalue weighted by Crippen LogP contribution is 2.46. The maximum atomic E-state index is 5.64. The molecule has 2 aliphatic rings. The third-order valence-electron chi connectivity index (χ3n) is 4.57. The Morgan fingerprint density at radius 2 is 1.83 bits per heavy atom. The highest BCUT2D eigenvalue weighted by atomic mass is 16.4. The van der Waals surface area contributed by atoms with Crippen LogP contribution in [0.25, 0.3) is 0 Å². The van der Waals surface area contributed by atoms with Crippen LogP contribution in [0.3, 0.4) is 0 Å². The summed E-state index contributed by atoms with van der Waals surface area (Å²) >= 11 is 0. The van der Waals surface area contributed by atoms with Gasteiger partial charge in [0, 0.05) is 26.1 Å². The van der Waals surface area contributed by atoms with Crippen LogP contribution in [0, 0.1) is 5.41 Å². The number of rotatable bonds is 3. The fraction of sp³-hybridized carbons (Fsp3) is 0.846. The second-order valence-electron chi connectivity index (χ2n) is 5.71. The van der Waals surface area contributed by atoms with Crippen molar-refractivity contribution in [2.24, 2.45) is 11.1 Å². The molecule has 0 atom stereocenters. The molecule has 1 spiro atoms. The Bertz CT molecular complexity index is 387. The van der Waals surface area contributed by atoms with Crippen LogP contribution in [0.15, 0.2) is 4.42 Å². The van der Waals surface area contributed by atoms with E-state index in [0.717, 1.165) is 13.1 Å². The molecule has 5 nitrogen and oxygen atoms in total. The zero-order valence-corrected chi connectivity index (χ0v) is 10.9. The summed E-state index contributed by atoms with van der Waals surface area (Å²) in [7, 11) is 0. The van der Waals surface area contributed by atoms with Crippen LogP contribution in [-0.4, -0.2) is 29.8 Å². The third kappa shape index (κ3) is 2.23. The second kappa shape index (κ2) is 4.88. The predicted molar refractivity (Wildman–Crippen MR) is 69.4 cm³/mol. The van der Waals surface area contributed by atoms with Crippen molar-refractivity contribution in [3.8, 4) is 0 Å². The predicted octanol–water partition coefficient (Wildman–Crippen LogP) is 1.73. The van der Waals surface area contributed by atoms with E-state index in [9.17, 15) is 0 Å². The lowest BCUT2D eigenvalue weighted by Gasteiger charge is -2.38. The summed E-state index contributed by atoms with van der Waals surface area (Å²) in [4.78, 5) is 2.23. The molecule has 100 valence electrons. The van der Waals surface area contributed by atoms with Gasteiger partial charge in [0.1, 0.15) is 0 Å². The van der Waals surface area contributed by atoms with E-state index in [1.54, 1.807) is 0 Å². The molecule has 18 heavy (non-hydrogen) atoms. The summed E-state index contributed by atoms with van der Waals surface area (Å²) in [6.07, 6.45) is 8.91. The summed E-state index contributed by atoms with van der Waals surface area (Å²) in [5.41, 5.74) is 6.12. The van der Waals surface area contributed by atoms with Gasteiger partial charge in [0.05, 0.1) is 0 Å². The van der Waals surface area contributed by atoms with Crippen molar-refractivity contribution in [3.05, 3.63) is 5.89 Å². The van der Waals surface area contributed by atoms with Gasteiger partial charge in [-0.25, -0.2) is 0 Å². The molecule has 1 saturated carbocycles. The molecule has 1 saturated heterocycles. The maximum Gasteiger partial charge on any atom is 0.318 e. The van der Waals surface area contributed by atoms with Crippen LogP contribution < -0.4 is 10.6 Å². The van der Waals surface area contributed by atoms with E-state index in [4.69, 9.17) is 10.2 Å². The lowest BCUT2D eigenvalue weighted by atomic mass is 9.77. The van der Waals surface area contributed by atoms with Gasteiger partial charge in [-0.05, 0) is 31.1 Å². The minimum absolute atomic E-state index is 0.560. The van der Waals surface area contributed by atoms with Gasteiger partial charge in [-0.2, -0.15) is 0 Å². The van der Waals surface area contributed by atoms with Crippen LogP contribution in [-0.2, 0) is 6.42 Å². The molecule has 0 unspecified atom stereocenters. The quantitative estimate of drug-likeness (QED) is 0.884. The SMILES string of the molecule is NCCc1nnc(N2CCC3(CCCC3)CC2)o1. The fourth-order valence-electron chi connectivity index (χ4n) is 3.39. The molecule has 1 aromatic heterocycles. The summed E-state index contributed by atoms with van der Waals surface area (Å²) in [5.74, 6) is 0.661. The average molecular weight is 250 g/mol. The topological polar surface area (TPSA) is 68.2 Å². The van der Waals surface area contributed by atoms with Gasteiger partial charge < -0.3 is 15.1 Å². The zero-order chi connectivity index (χ0) is 12.4. The van der Waals surface area contributed by atoms with Crippen LogP contribution in [0.5, 0.6) is 0 Å². The molecule has 5 heteroatoms. The highest BCUT2D eigenvalue weighted by Gasteiger charge is 2.37. The molecule has 1 aromatic rings. The van der Waals surface area contributed by atoms with E-state index >= 15 is 0 Å². The largest absolute Gasteiger partial charge is 0.408 e. The number of hydrogen-bond acceptors (Lipinski definition) is 5. The van der Waals surface area contributed by atoms with E-state index in [1.807, 2.05) is 0 Å². The Morgan fingerprint density at radius 3 is 2.50 bits per heavy atom. The summed E-state index contributed by atoms with van der Waals surface area (Å²) in [6.45, 7) is 2.68. The van der Waals surface area contributed by atoms with Crippen LogP contribution in [0.4, 0.5) is 6.01 Å². The molecule has 0 amide bonds. The molecule has 3 rings (SSSR count). The minimum Gasteiger partial charge on any atom is -0.408 e. The van der Waals surface area contributed by atoms with E-state index in [2.05, 4.69) is 15.1 Å². The number of nitrogens with two attached hydrogens (primary N) is 1. The molecule has 0 aromatic carbocycles. The van der Waals surface area contributed by atoms with Gasteiger partial charge in [0.25, 0.3) is 0 Å². The van der Waals surface area contributed by atoms with Gasteiger partial charge in [-0.3, -0.25) is 0 Å². The normalized spacial score (nSPS) is 22.8. The number of nitrogens with zero attached hydrogens (tertiary/aromatic N) is 3. The van der Waals surface area contributed by atoms with Crippen LogP contribution >= 0.6 is 0 Å². The molecule has 1 aliphatic carbocycles. The smallest absolute Gasteiger partial charge is 0.318 e. The molecule has 2 heterocycles.